The molecule has 2 rings (SSSR count). The summed E-state index contributed by atoms with van der Waals surface area (Å²) in [6.07, 6.45) is 3.17. The molecule has 0 fully saturated rings. The number of nitrogens with one attached hydrogen (secondary N) is 2. The number of aliphatic imine (C=N–C) groups is 1. The lowest BCUT2D eigenvalue weighted by atomic mass is 10.1. The molecule has 0 saturated heterocycles. The van der Waals surface area contributed by atoms with E-state index in [-0.39, 0.29) is 29.8 Å². The molecule has 0 aliphatic carbocycles. The molecule has 2 N–H and O–H groups in total. The first-order chi connectivity index (χ1) is 11.6. The molecule has 0 aliphatic heterocycles. The van der Waals surface area contributed by atoms with Gasteiger partial charge in [-0.3, -0.25) is 4.99 Å². The van der Waals surface area contributed by atoms with Gasteiger partial charge in [-0.2, -0.15) is 0 Å². The first-order valence-corrected chi connectivity index (χ1v) is 9.07. The van der Waals surface area contributed by atoms with Crippen LogP contribution in [0.2, 0.25) is 0 Å². The minimum Gasteiger partial charge on any atom is -0.356 e. The highest BCUT2D eigenvalue weighted by atomic mass is 127. The molecule has 138 valence electrons. The average Bonchev–Trinajstić information content (AvgIpc) is 2.98. The summed E-state index contributed by atoms with van der Waals surface area (Å²) in [5.74, 6) is 0.566. The van der Waals surface area contributed by atoms with Crippen molar-refractivity contribution in [3.63, 3.8) is 0 Å². The third kappa shape index (κ3) is 7.68. The van der Waals surface area contributed by atoms with Crippen molar-refractivity contribution < 1.29 is 4.39 Å². The Morgan fingerprint density at radius 3 is 2.68 bits per heavy atom. The van der Waals surface area contributed by atoms with Crippen LogP contribution in [0.15, 0.2) is 28.6 Å². The number of guanidine groups is 1. The van der Waals surface area contributed by atoms with Crippen molar-refractivity contribution in [1.29, 1.82) is 0 Å². The van der Waals surface area contributed by atoms with Gasteiger partial charge in [0.15, 0.2) is 5.96 Å². The summed E-state index contributed by atoms with van der Waals surface area (Å²) in [7, 11) is 1.74. The number of aryl methyl sites for hydroxylation is 3. The molecule has 1 aromatic heterocycles. The Hall–Kier alpha value is -1.22. The fraction of sp³-hybridized carbons (Fsp3) is 0.444. The van der Waals surface area contributed by atoms with E-state index in [1.807, 2.05) is 13.0 Å². The molecule has 0 aliphatic rings. The predicted octanol–water partition coefficient (Wildman–Crippen LogP) is 4.20. The highest BCUT2D eigenvalue weighted by Crippen LogP contribution is 2.11. The van der Waals surface area contributed by atoms with Crippen LogP contribution in [0.3, 0.4) is 0 Å². The van der Waals surface area contributed by atoms with Gasteiger partial charge in [-0.15, -0.1) is 35.3 Å². The van der Waals surface area contributed by atoms with Crippen LogP contribution in [0.4, 0.5) is 4.39 Å². The van der Waals surface area contributed by atoms with Gasteiger partial charge in [0.1, 0.15) is 5.82 Å². The Bertz CT molecular complexity index is 687. The van der Waals surface area contributed by atoms with Gasteiger partial charge in [-0.05, 0) is 50.3 Å². The molecule has 25 heavy (non-hydrogen) atoms. The van der Waals surface area contributed by atoms with Crippen molar-refractivity contribution in [2.45, 2.75) is 39.7 Å². The van der Waals surface area contributed by atoms with Crippen LogP contribution in [-0.2, 0) is 13.0 Å². The van der Waals surface area contributed by atoms with E-state index in [1.54, 1.807) is 37.4 Å². The molecular formula is C18H26FIN4S. The zero-order valence-corrected chi connectivity index (χ0v) is 18.1. The zero-order valence-electron chi connectivity index (χ0n) is 14.9. The highest BCUT2D eigenvalue weighted by molar-refractivity contribution is 14.0. The first-order valence-electron chi connectivity index (χ1n) is 8.19. The van der Waals surface area contributed by atoms with E-state index in [1.165, 1.54) is 5.01 Å². The fourth-order valence-electron chi connectivity index (χ4n) is 2.28. The summed E-state index contributed by atoms with van der Waals surface area (Å²) in [6, 6.07) is 5.28. The summed E-state index contributed by atoms with van der Waals surface area (Å²) in [5, 5.41) is 9.79. The van der Waals surface area contributed by atoms with Gasteiger partial charge in [0.2, 0.25) is 0 Å². The molecule has 0 amide bonds. The van der Waals surface area contributed by atoms with Crippen molar-refractivity contribution in [3.05, 3.63) is 51.2 Å². The summed E-state index contributed by atoms with van der Waals surface area (Å²) in [4.78, 5) is 8.66. The highest BCUT2D eigenvalue weighted by Gasteiger charge is 2.02. The Kier molecular flexibility index (Phi) is 9.96. The Morgan fingerprint density at radius 1 is 1.24 bits per heavy atom. The Morgan fingerprint density at radius 2 is 2.04 bits per heavy atom. The molecule has 0 saturated carbocycles. The van der Waals surface area contributed by atoms with E-state index in [0.717, 1.165) is 43.0 Å². The number of hydrogen-bond acceptors (Lipinski definition) is 3. The number of nitrogens with zero attached hydrogens (tertiary/aromatic N) is 2. The van der Waals surface area contributed by atoms with Crippen LogP contribution in [0, 0.1) is 19.7 Å². The van der Waals surface area contributed by atoms with E-state index in [4.69, 9.17) is 0 Å². The van der Waals surface area contributed by atoms with Crippen molar-refractivity contribution in [2.75, 3.05) is 13.6 Å². The van der Waals surface area contributed by atoms with E-state index < -0.39 is 0 Å². The van der Waals surface area contributed by atoms with E-state index in [0.29, 0.717) is 12.1 Å². The molecule has 4 nitrogen and oxygen atoms in total. The lowest BCUT2D eigenvalue weighted by molar-refractivity contribution is 0.615. The van der Waals surface area contributed by atoms with Gasteiger partial charge in [0.05, 0.1) is 5.01 Å². The summed E-state index contributed by atoms with van der Waals surface area (Å²) < 4.78 is 13.5. The lowest BCUT2D eigenvalue weighted by Gasteiger charge is -2.12. The SMILES string of the molecule is CN=C(NCCCCc1nc(C)cs1)NCc1ccc(C)c(F)c1.I. The normalized spacial score (nSPS) is 11.1. The molecule has 0 atom stereocenters. The maximum atomic E-state index is 13.5. The fourth-order valence-corrected chi connectivity index (χ4v) is 3.10. The number of unbranched alkanes of at least 4 members (excludes halogenated alkanes) is 1. The molecular weight excluding hydrogens is 450 g/mol. The molecule has 2 aromatic rings. The third-order valence-electron chi connectivity index (χ3n) is 3.70. The number of hydrogen-bond donors (Lipinski definition) is 2. The number of halogens is 2. The summed E-state index contributed by atoms with van der Waals surface area (Å²) >= 11 is 1.73. The van der Waals surface area contributed by atoms with Gasteiger partial charge in [-0.1, -0.05) is 12.1 Å². The molecule has 0 radical (unpaired) electrons. The number of benzene rings is 1. The minimum absolute atomic E-state index is 0. The quantitative estimate of drug-likeness (QED) is 0.273. The van der Waals surface area contributed by atoms with Crippen LogP contribution in [0.25, 0.3) is 0 Å². The second-order valence-corrected chi connectivity index (χ2v) is 6.72. The molecule has 1 heterocycles. The van der Waals surface area contributed by atoms with Crippen LogP contribution in [-0.4, -0.2) is 24.5 Å². The van der Waals surface area contributed by atoms with Crippen LogP contribution in [0.5, 0.6) is 0 Å². The Labute approximate surface area is 170 Å². The van der Waals surface area contributed by atoms with Crippen molar-refractivity contribution >= 4 is 41.3 Å². The van der Waals surface area contributed by atoms with Crippen molar-refractivity contribution in [1.82, 2.24) is 15.6 Å². The molecule has 0 unspecified atom stereocenters. The Balaban J connectivity index is 0.00000312. The number of thiazole rings is 1. The first kappa shape index (κ1) is 21.8. The van der Waals surface area contributed by atoms with Crippen LogP contribution < -0.4 is 10.6 Å². The third-order valence-corrected chi connectivity index (χ3v) is 4.72. The van der Waals surface area contributed by atoms with Gasteiger partial charge < -0.3 is 10.6 Å². The average molecular weight is 476 g/mol. The predicted molar refractivity (Wildman–Crippen MR) is 115 cm³/mol. The standard InChI is InChI=1S/C18H25FN4S.HI/c1-13-7-8-15(10-16(13)19)11-22-18(20-3)21-9-5-4-6-17-23-14(2)12-24-17;/h7-8,10,12H,4-6,9,11H2,1-3H3,(H2,20,21,22);1H. The molecule has 0 bridgehead atoms. The summed E-state index contributed by atoms with van der Waals surface area (Å²) in [5.41, 5.74) is 2.67. The zero-order chi connectivity index (χ0) is 17.4. The second-order valence-electron chi connectivity index (χ2n) is 5.78. The smallest absolute Gasteiger partial charge is 0.191 e. The maximum Gasteiger partial charge on any atom is 0.191 e. The van der Waals surface area contributed by atoms with Gasteiger partial charge in [0, 0.05) is 31.2 Å². The van der Waals surface area contributed by atoms with Crippen LogP contribution in [0.1, 0.15) is 34.7 Å². The lowest BCUT2D eigenvalue weighted by Crippen LogP contribution is -2.37. The van der Waals surface area contributed by atoms with E-state index >= 15 is 0 Å². The molecule has 0 spiro atoms. The molecule has 1 aromatic carbocycles. The minimum atomic E-state index is -0.172. The van der Waals surface area contributed by atoms with Gasteiger partial charge >= 0.3 is 0 Å². The van der Waals surface area contributed by atoms with Gasteiger partial charge in [0.25, 0.3) is 0 Å². The summed E-state index contributed by atoms with van der Waals surface area (Å²) in [6.45, 7) is 5.19. The van der Waals surface area contributed by atoms with Gasteiger partial charge in [-0.25, -0.2) is 9.37 Å². The van der Waals surface area contributed by atoms with E-state index in [2.05, 4.69) is 26.0 Å². The van der Waals surface area contributed by atoms with Crippen molar-refractivity contribution in [3.8, 4) is 0 Å². The largest absolute Gasteiger partial charge is 0.356 e. The topological polar surface area (TPSA) is 49.3 Å². The monoisotopic (exact) mass is 476 g/mol. The maximum absolute atomic E-state index is 13.5. The number of aromatic nitrogens is 1. The molecule has 7 heteroatoms. The number of rotatable bonds is 7. The second kappa shape index (κ2) is 11.4. The van der Waals surface area contributed by atoms with Crippen molar-refractivity contribution in [2.24, 2.45) is 4.99 Å². The van der Waals surface area contributed by atoms with E-state index in [9.17, 15) is 4.39 Å². The van der Waals surface area contributed by atoms with Crippen LogP contribution >= 0.6 is 35.3 Å².